The molecule has 134 valence electrons. The third kappa shape index (κ3) is 3.27. The van der Waals surface area contributed by atoms with E-state index in [0.717, 1.165) is 22.0 Å². The first-order valence-corrected chi connectivity index (χ1v) is 8.67. The van der Waals surface area contributed by atoms with Crippen LogP contribution in [0.3, 0.4) is 0 Å². The standard InChI is InChI=1S/C22H19N3O2/c1-15(26)23-19-4-3-5-20(13-19)25-14-18(7-9-22(25)27)16-6-8-21-17(12-16)10-11-24(21)2/h3-14H,1-2H3,(H,23,26). The summed E-state index contributed by atoms with van der Waals surface area (Å²) in [5.74, 6) is -0.149. The molecule has 2 heterocycles. The highest BCUT2D eigenvalue weighted by Crippen LogP contribution is 2.25. The van der Waals surface area contributed by atoms with Crippen LogP contribution in [0, 0.1) is 0 Å². The lowest BCUT2D eigenvalue weighted by molar-refractivity contribution is -0.114. The normalized spacial score (nSPS) is 10.9. The Morgan fingerprint density at radius 1 is 0.963 bits per heavy atom. The lowest BCUT2D eigenvalue weighted by Crippen LogP contribution is -2.16. The fourth-order valence-electron chi connectivity index (χ4n) is 3.26. The first-order valence-electron chi connectivity index (χ1n) is 8.67. The SMILES string of the molecule is CC(=O)Nc1cccc(-n2cc(-c3ccc4c(ccn4C)c3)ccc2=O)c1. The van der Waals surface area contributed by atoms with E-state index in [-0.39, 0.29) is 11.5 Å². The van der Waals surface area contributed by atoms with E-state index < -0.39 is 0 Å². The van der Waals surface area contributed by atoms with Crippen LogP contribution in [-0.4, -0.2) is 15.0 Å². The van der Waals surface area contributed by atoms with Crippen LogP contribution in [0.25, 0.3) is 27.7 Å². The highest BCUT2D eigenvalue weighted by atomic mass is 16.1. The maximum absolute atomic E-state index is 12.4. The predicted octanol–water partition coefficient (Wildman–Crippen LogP) is 3.95. The second kappa shape index (κ2) is 6.61. The van der Waals surface area contributed by atoms with Crippen molar-refractivity contribution in [2.45, 2.75) is 6.92 Å². The lowest BCUT2D eigenvalue weighted by atomic mass is 10.1. The van der Waals surface area contributed by atoms with Crippen molar-refractivity contribution in [2.75, 3.05) is 5.32 Å². The largest absolute Gasteiger partial charge is 0.351 e. The molecule has 0 saturated heterocycles. The van der Waals surface area contributed by atoms with Gasteiger partial charge in [0.2, 0.25) is 5.91 Å². The van der Waals surface area contributed by atoms with E-state index in [2.05, 4.69) is 34.1 Å². The molecule has 0 aliphatic heterocycles. The van der Waals surface area contributed by atoms with Crippen molar-refractivity contribution in [3.05, 3.63) is 83.4 Å². The van der Waals surface area contributed by atoms with Crippen LogP contribution in [0.2, 0.25) is 0 Å². The first kappa shape index (κ1) is 16.8. The number of amides is 1. The average Bonchev–Trinajstić information content (AvgIpc) is 3.02. The van der Waals surface area contributed by atoms with Crippen LogP contribution in [-0.2, 0) is 11.8 Å². The van der Waals surface area contributed by atoms with E-state index >= 15 is 0 Å². The molecule has 0 spiro atoms. The number of nitrogens with one attached hydrogen (secondary N) is 1. The van der Waals surface area contributed by atoms with Gasteiger partial charge in [-0.2, -0.15) is 0 Å². The Kier molecular flexibility index (Phi) is 4.12. The van der Waals surface area contributed by atoms with Gasteiger partial charge in [-0.3, -0.25) is 14.2 Å². The topological polar surface area (TPSA) is 56.0 Å². The van der Waals surface area contributed by atoms with Gasteiger partial charge in [0.25, 0.3) is 5.56 Å². The molecule has 0 aliphatic carbocycles. The summed E-state index contributed by atoms with van der Waals surface area (Å²) in [7, 11) is 2.02. The number of pyridine rings is 1. The second-order valence-corrected chi connectivity index (χ2v) is 6.56. The van der Waals surface area contributed by atoms with Gasteiger partial charge in [0.15, 0.2) is 0 Å². The van der Waals surface area contributed by atoms with Crippen LogP contribution in [0.1, 0.15) is 6.92 Å². The highest BCUT2D eigenvalue weighted by Gasteiger charge is 2.07. The monoisotopic (exact) mass is 357 g/mol. The number of hydrogen-bond donors (Lipinski definition) is 1. The van der Waals surface area contributed by atoms with Crippen LogP contribution in [0.4, 0.5) is 5.69 Å². The Morgan fingerprint density at radius 2 is 1.78 bits per heavy atom. The molecule has 0 atom stereocenters. The summed E-state index contributed by atoms with van der Waals surface area (Å²) in [5.41, 5.74) is 4.39. The number of benzene rings is 2. The van der Waals surface area contributed by atoms with E-state index in [9.17, 15) is 9.59 Å². The van der Waals surface area contributed by atoms with E-state index in [1.807, 2.05) is 37.6 Å². The van der Waals surface area contributed by atoms with Gasteiger partial charge in [-0.15, -0.1) is 0 Å². The van der Waals surface area contributed by atoms with Gasteiger partial charge >= 0.3 is 0 Å². The van der Waals surface area contributed by atoms with Gasteiger partial charge in [-0.1, -0.05) is 12.1 Å². The Bertz CT molecular complexity index is 1220. The number of rotatable bonds is 3. The van der Waals surface area contributed by atoms with Gasteiger partial charge in [0, 0.05) is 49.0 Å². The van der Waals surface area contributed by atoms with Crippen molar-refractivity contribution in [1.29, 1.82) is 0 Å². The minimum atomic E-state index is -0.149. The third-order valence-electron chi connectivity index (χ3n) is 4.57. The van der Waals surface area contributed by atoms with E-state index in [0.29, 0.717) is 11.4 Å². The Balaban J connectivity index is 1.79. The van der Waals surface area contributed by atoms with E-state index in [1.54, 1.807) is 22.8 Å². The van der Waals surface area contributed by atoms with Crippen molar-refractivity contribution in [2.24, 2.45) is 7.05 Å². The Labute approximate surface area is 156 Å². The van der Waals surface area contributed by atoms with Crippen LogP contribution >= 0.6 is 0 Å². The van der Waals surface area contributed by atoms with E-state index in [1.165, 1.54) is 6.92 Å². The molecular formula is C22H19N3O2. The molecule has 2 aromatic heterocycles. The Hall–Kier alpha value is -3.60. The minimum absolute atomic E-state index is 0.125. The molecule has 27 heavy (non-hydrogen) atoms. The molecule has 0 saturated carbocycles. The summed E-state index contributed by atoms with van der Waals surface area (Å²) in [6.07, 6.45) is 3.86. The lowest BCUT2D eigenvalue weighted by Gasteiger charge is -2.11. The van der Waals surface area contributed by atoms with Gasteiger partial charge in [0.05, 0.1) is 5.69 Å². The van der Waals surface area contributed by atoms with Crippen LogP contribution < -0.4 is 10.9 Å². The molecule has 0 aliphatic rings. The molecule has 4 aromatic rings. The molecule has 1 N–H and O–H groups in total. The zero-order chi connectivity index (χ0) is 19.0. The molecule has 2 aromatic carbocycles. The maximum atomic E-state index is 12.4. The number of hydrogen-bond acceptors (Lipinski definition) is 2. The summed E-state index contributed by atoms with van der Waals surface area (Å²) in [6, 6.07) is 19.0. The molecule has 5 nitrogen and oxygen atoms in total. The van der Waals surface area contributed by atoms with Gasteiger partial charge < -0.3 is 9.88 Å². The molecule has 0 bridgehead atoms. The van der Waals surface area contributed by atoms with Crippen molar-refractivity contribution in [1.82, 2.24) is 9.13 Å². The van der Waals surface area contributed by atoms with Crippen LogP contribution in [0.5, 0.6) is 0 Å². The summed E-state index contributed by atoms with van der Waals surface area (Å²) >= 11 is 0. The third-order valence-corrected chi connectivity index (χ3v) is 4.57. The van der Waals surface area contributed by atoms with Crippen molar-refractivity contribution in [3.63, 3.8) is 0 Å². The zero-order valence-electron chi connectivity index (χ0n) is 15.1. The van der Waals surface area contributed by atoms with E-state index in [4.69, 9.17) is 0 Å². The smallest absolute Gasteiger partial charge is 0.255 e. The summed E-state index contributed by atoms with van der Waals surface area (Å²) in [5, 5.41) is 3.90. The maximum Gasteiger partial charge on any atom is 0.255 e. The molecule has 0 radical (unpaired) electrons. The number of carbonyl (C=O) groups excluding carboxylic acids is 1. The zero-order valence-corrected chi connectivity index (χ0v) is 15.1. The molecule has 0 unspecified atom stereocenters. The number of aromatic nitrogens is 2. The van der Waals surface area contributed by atoms with Gasteiger partial charge in [-0.25, -0.2) is 0 Å². The molecule has 4 rings (SSSR count). The molecule has 1 amide bonds. The van der Waals surface area contributed by atoms with Crippen molar-refractivity contribution < 1.29 is 4.79 Å². The molecule has 5 heteroatoms. The summed E-state index contributed by atoms with van der Waals surface area (Å²) < 4.78 is 3.67. The molecule has 0 fully saturated rings. The van der Waals surface area contributed by atoms with Crippen molar-refractivity contribution in [3.8, 4) is 16.8 Å². The first-order chi connectivity index (χ1) is 13.0. The molecular weight excluding hydrogens is 338 g/mol. The highest BCUT2D eigenvalue weighted by molar-refractivity contribution is 5.89. The van der Waals surface area contributed by atoms with Gasteiger partial charge in [-0.05, 0) is 53.6 Å². The average molecular weight is 357 g/mol. The second-order valence-electron chi connectivity index (χ2n) is 6.56. The number of nitrogens with zero attached hydrogens (tertiary/aromatic N) is 2. The number of anilines is 1. The van der Waals surface area contributed by atoms with Crippen LogP contribution in [0.15, 0.2) is 77.9 Å². The Morgan fingerprint density at radius 3 is 2.59 bits per heavy atom. The number of carbonyl (C=O) groups is 1. The number of fused-ring (bicyclic) bond motifs is 1. The number of aryl methyl sites for hydroxylation is 1. The summed E-state index contributed by atoms with van der Waals surface area (Å²) in [4.78, 5) is 23.7. The van der Waals surface area contributed by atoms with Crippen molar-refractivity contribution >= 4 is 22.5 Å². The predicted molar refractivity (Wildman–Crippen MR) is 108 cm³/mol. The minimum Gasteiger partial charge on any atom is -0.351 e. The summed E-state index contributed by atoms with van der Waals surface area (Å²) in [6.45, 7) is 1.46. The fourth-order valence-corrected chi connectivity index (χ4v) is 3.26. The quantitative estimate of drug-likeness (QED) is 0.603. The fraction of sp³-hybridized carbons (Fsp3) is 0.0909. The van der Waals surface area contributed by atoms with Gasteiger partial charge in [0.1, 0.15) is 0 Å².